The number of rotatable bonds is 8. The Hall–Kier alpha value is -6.46. The van der Waals surface area contributed by atoms with Crippen LogP contribution < -0.4 is 0 Å². The Balaban J connectivity index is 0.000000135. The minimum atomic E-state index is 0. The number of aryl methyl sites for hydroxylation is 1. The van der Waals surface area contributed by atoms with E-state index in [0.717, 1.165) is 45.6 Å². The fourth-order valence-corrected chi connectivity index (χ4v) is 9.17. The Kier molecular flexibility index (Phi) is 16.1. The second-order valence-electron chi connectivity index (χ2n) is 17.3. The SMILES string of the molecule is Cc1c[c-]c(-n2cccn2)cc1-c1ccccc1.[Ir+3].[c-]1cc(C2CCCCC2)ccc1-c1ccc(C2CCCCC2)cn1.[c-]1ccccc1-n1cc(-c2ccc(-c3ccccc3)cc2)cn1. The predicted octanol–water partition coefficient (Wildman–Crippen LogP) is 15.3. The van der Waals surface area contributed by atoms with Gasteiger partial charge in [-0.1, -0.05) is 161 Å². The zero-order chi connectivity index (χ0) is 44.0. The molecule has 0 radical (unpaired) electrons. The van der Waals surface area contributed by atoms with Crippen molar-refractivity contribution in [1.29, 1.82) is 0 Å². The monoisotopic (exact) mass is 1040 g/mol. The average molecular weight is 1040 g/mol. The topological polar surface area (TPSA) is 48.5 Å². The van der Waals surface area contributed by atoms with E-state index in [2.05, 4.69) is 151 Å². The summed E-state index contributed by atoms with van der Waals surface area (Å²) < 4.78 is 3.67. The number of para-hydroxylation sites is 1. The van der Waals surface area contributed by atoms with E-state index < -0.39 is 0 Å². The first-order chi connectivity index (χ1) is 32.1. The van der Waals surface area contributed by atoms with Gasteiger partial charge in [-0.05, 0) is 69.7 Å². The van der Waals surface area contributed by atoms with Gasteiger partial charge in [0.1, 0.15) is 0 Å². The molecule has 2 aliphatic carbocycles. The molecule has 2 fully saturated rings. The third kappa shape index (κ3) is 11.9. The molecule has 0 spiro atoms. The van der Waals surface area contributed by atoms with Crippen LogP contribution in [0.3, 0.4) is 0 Å². The average Bonchev–Trinajstić information content (AvgIpc) is 4.13. The molecule has 6 heteroatoms. The van der Waals surface area contributed by atoms with Gasteiger partial charge in [0, 0.05) is 30.4 Å². The molecule has 0 unspecified atom stereocenters. The summed E-state index contributed by atoms with van der Waals surface area (Å²) in [6.07, 6.45) is 23.4. The molecule has 0 N–H and O–H groups in total. The van der Waals surface area contributed by atoms with E-state index in [1.807, 2.05) is 76.5 Å². The van der Waals surface area contributed by atoms with Crippen molar-refractivity contribution < 1.29 is 20.1 Å². The third-order valence-electron chi connectivity index (χ3n) is 12.9. The molecule has 3 heterocycles. The van der Waals surface area contributed by atoms with Crippen LogP contribution in [-0.2, 0) is 20.1 Å². The maximum atomic E-state index is 4.74. The quantitative estimate of drug-likeness (QED) is 0.143. The van der Waals surface area contributed by atoms with E-state index in [4.69, 9.17) is 4.98 Å². The van der Waals surface area contributed by atoms with Crippen molar-refractivity contribution in [3.63, 3.8) is 0 Å². The van der Waals surface area contributed by atoms with Crippen LogP contribution in [0.15, 0.2) is 189 Å². The largest absolute Gasteiger partial charge is 3.00 e. The van der Waals surface area contributed by atoms with Crippen molar-refractivity contribution in [3.05, 3.63) is 224 Å². The van der Waals surface area contributed by atoms with Gasteiger partial charge in [0.05, 0.1) is 6.20 Å². The first kappa shape index (κ1) is 46.1. The van der Waals surface area contributed by atoms with Gasteiger partial charge in [0.2, 0.25) is 0 Å². The summed E-state index contributed by atoms with van der Waals surface area (Å²) in [6.45, 7) is 2.10. The van der Waals surface area contributed by atoms with Crippen LogP contribution in [0, 0.1) is 25.1 Å². The maximum Gasteiger partial charge on any atom is 3.00 e. The Labute approximate surface area is 405 Å². The maximum absolute atomic E-state index is 4.74. The number of aromatic nitrogens is 5. The summed E-state index contributed by atoms with van der Waals surface area (Å²) in [5.41, 5.74) is 15.4. The van der Waals surface area contributed by atoms with E-state index in [0.29, 0.717) is 0 Å². The van der Waals surface area contributed by atoms with Gasteiger partial charge in [0.25, 0.3) is 0 Å². The van der Waals surface area contributed by atoms with Crippen LogP contribution in [0.5, 0.6) is 0 Å². The number of hydrogen-bond acceptors (Lipinski definition) is 3. The van der Waals surface area contributed by atoms with E-state index >= 15 is 0 Å². The van der Waals surface area contributed by atoms with Crippen LogP contribution in [0.4, 0.5) is 0 Å². The van der Waals surface area contributed by atoms with Gasteiger partial charge in [-0.25, -0.2) is 0 Å². The van der Waals surface area contributed by atoms with Gasteiger partial charge >= 0.3 is 20.1 Å². The summed E-state index contributed by atoms with van der Waals surface area (Å²) in [5, 5.41) is 8.67. The van der Waals surface area contributed by atoms with Crippen LogP contribution in [0.2, 0.25) is 0 Å². The van der Waals surface area contributed by atoms with Crippen LogP contribution >= 0.6 is 0 Å². The minimum absolute atomic E-state index is 0. The number of benzene rings is 6. The molecule has 3 aromatic heterocycles. The molecule has 6 aromatic carbocycles. The van der Waals surface area contributed by atoms with E-state index in [9.17, 15) is 0 Å². The van der Waals surface area contributed by atoms with Crippen molar-refractivity contribution in [1.82, 2.24) is 24.5 Å². The summed E-state index contributed by atoms with van der Waals surface area (Å²) in [4.78, 5) is 4.74. The van der Waals surface area contributed by atoms with E-state index in [1.165, 1.54) is 103 Å². The molecule has 0 amide bonds. The van der Waals surface area contributed by atoms with Gasteiger partial charge in [-0.2, -0.15) is 52.2 Å². The summed E-state index contributed by atoms with van der Waals surface area (Å²) in [7, 11) is 0. The Morgan fingerprint density at radius 3 is 1.74 bits per heavy atom. The standard InChI is InChI=1S/C23H28N.C21H15N2.C16H13N2.Ir/c1-3-7-18(8-4-1)20-11-13-21(14-12-20)23-16-15-22(17-24-23)19-9-5-2-6-10-19;1-3-7-17(8-4-1)18-11-13-19(14-12-18)20-15-22-23(16-20)21-9-5-2-6-10-21;1-13-8-9-15(18-11-5-10-17-18)12-16(13)14-6-3-2-4-7-14;/h11-13,15-19H,1-10H2;1-9,11-16H;2-8,10-12H,1H3;/q3*-1;+3. The van der Waals surface area contributed by atoms with Gasteiger partial charge in [-0.3, -0.25) is 9.36 Å². The molecule has 0 atom stereocenters. The Morgan fingerprint density at radius 2 is 1.14 bits per heavy atom. The molecule has 11 rings (SSSR count). The molecule has 0 aliphatic heterocycles. The third-order valence-corrected chi connectivity index (χ3v) is 12.9. The molecule has 0 saturated heterocycles. The molecule has 66 heavy (non-hydrogen) atoms. The van der Waals surface area contributed by atoms with Gasteiger partial charge in [-0.15, -0.1) is 53.1 Å². The van der Waals surface area contributed by atoms with Crippen LogP contribution in [0.25, 0.3) is 56.0 Å². The molecule has 330 valence electrons. The van der Waals surface area contributed by atoms with Gasteiger partial charge in [0.15, 0.2) is 0 Å². The smallest absolute Gasteiger partial charge is 0.304 e. The molecular formula is C60H56IrN5. The molecule has 5 nitrogen and oxygen atoms in total. The molecular weight excluding hydrogens is 983 g/mol. The molecule has 2 saturated carbocycles. The minimum Gasteiger partial charge on any atom is -0.304 e. The van der Waals surface area contributed by atoms with Crippen molar-refractivity contribution in [2.45, 2.75) is 83.0 Å². The molecule has 0 bridgehead atoms. The fourth-order valence-electron chi connectivity index (χ4n) is 9.17. The summed E-state index contributed by atoms with van der Waals surface area (Å²) in [5.74, 6) is 1.49. The Morgan fingerprint density at radius 1 is 0.500 bits per heavy atom. The van der Waals surface area contributed by atoms with Gasteiger partial charge < -0.3 is 4.98 Å². The van der Waals surface area contributed by atoms with Crippen molar-refractivity contribution >= 4 is 0 Å². The normalized spacial score (nSPS) is 13.9. The number of hydrogen-bond donors (Lipinski definition) is 0. The van der Waals surface area contributed by atoms with Crippen molar-refractivity contribution in [2.75, 3.05) is 0 Å². The van der Waals surface area contributed by atoms with E-state index in [1.54, 1.807) is 6.20 Å². The second kappa shape index (κ2) is 23.1. The predicted molar refractivity (Wildman–Crippen MR) is 266 cm³/mol. The Bertz CT molecular complexity index is 2730. The van der Waals surface area contributed by atoms with E-state index in [-0.39, 0.29) is 20.1 Å². The summed E-state index contributed by atoms with van der Waals surface area (Å²) in [6, 6.07) is 64.4. The second-order valence-corrected chi connectivity index (χ2v) is 17.3. The molecule has 2 aliphatic rings. The van der Waals surface area contributed by atoms with Crippen LogP contribution in [-0.4, -0.2) is 24.5 Å². The fraction of sp³-hybridized carbons (Fsp3) is 0.217. The zero-order valence-electron chi connectivity index (χ0n) is 37.7. The number of pyridine rings is 1. The first-order valence-electron chi connectivity index (χ1n) is 23.4. The van der Waals surface area contributed by atoms with Crippen molar-refractivity contribution in [2.24, 2.45) is 0 Å². The number of nitrogens with zero attached hydrogens (tertiary/aromatic N) is 5. The first-order valence-corrected chi connectivity index (χ1v) is 23.4. The zero-order valence-corrected chi connectivity index (χ0v) is 40.1. The van der Waals surface area contributed by atoms with Crippen LogP contribution in [0.1, 0.15) is 92.7 Å². The van der Waals surface area contributed by atoms with Crippen molar-refractivity contribution in [3.8, 4) is 56.0 Å². The summed E-state index contributed by atoms with van der Waals surface area (Å²) >= 11 is 0. The molecule has 9 aromatic rings.